The Morgan fingerprint density at radius 1 is 0.953 bits per heavy atom. The Kier molecular flexibility index (Phi) is 9.55. The van der Waals surface area contributed by atoms with Crippen molar-refractivity contribution in [1.29, 1.82) is 0 Å². The first-order valence-electron chi connectivity index (χ1n) is 15.8. The number of esters is 1. The molecule has 1 spiro atoms. The zero-order valence-electron chi connectivity index (χ0n) is 25.9. The van der Waals surface area contributed by atoms with E-state index in [1.54, 1.807) is 4.90 Å². The van der Waals surface area contributed by atoms with Crippen LogP contribution in [0.4, 0.5) is 0 Å². The molecule has 43 heavy (non-hydrogen) atoms. The molecule has 2 N–H and O–H groups in total. The molecule has 1 aromatic heterocycles. The van der Waals surface area contributed by atoms with Crippen molar-refractivity contribution in [3.8, 4) is 0 Å². The predicted molar refractivity (Wildman–Crippen MR) is 169 cm³/mol. The van der Waals surface area contributed by atoms with Crippen LogP contribution in [0.2, 0.25) is 0 Å². The number of unbranched alkanes of at least 4 members (excludes halogenated alkanes) is 2. The Labute approximate surface area is 255 Å². The third-order valence-corrected chi connectivity index (χ3v) is 8.83. The lowest BCUT2D eigenvalue weighted by Gasteiger charge is -2.51. The van der Waals surface area contributed by atoms with Crippen molar-refractivity contribution in [3.05, 3.63) is 71.9 Å². The minimum absolute atomic E-state index is 0.0585. The number of fused-ring (bicyclic) bond motifs is 1. The number of ether oxygens (including phenoxy) is 1. The normalized spacial score (nSPS) is 19.1. The molecule has 2 saturated heterocycles. The zero-order valence-corrected chi connectivity index (χ0v) is 25.9. The summed E-state index contributed by atoms with van der Waals surface area (Å²) >= 11 is 0. The highest BCUT2D eigenvalue weighted by atomic mass is 16.6. The smallest absolute Gasteiger partial charge is 0.308 e. The molecule has 5 rings (SSSR count). The minimum Gasteiger partial charge on any atom is -0.460 e. The van der Waals surface area contributed by atoms with E-state index in [1.165, 1.54) is 5.56 Å². The summed E-state index contributed by atoms with van der Waals surface area (Å²) in [5.41, 5.74) is 1.81. The van der Waals surface area contributed by atoms with Gasteiger partial charge in [0.2, 0.25) is 11.8 Å². The van der Waals surface area contributed by atoms with Crippen molar-refractivity contribution in [3.63, 3.8) is 0 Å². The average Bonchev–Trinajstić information content (AvgIpc) is 3.39. The fraction of sp³-hybridized carbons (Fsp3) is 0.514. The van der Waals surface area contributed by atoms with Crippen LogP contribution in [-0.2, 0) is 32.0 Å². The lowest BCUT2D eigenvalue weighted by molar-refractivity contribution is -0.164. The average molecular weight is 587 g/mol. The van der Waals surface area contributed by atoms with Crippen LogP contribution in [-0.4, -0.2) is 75.9 Å². The quantitative estimate of drug-likeness (QED) is 0.243. The van der Waals surface area contributed by atoms with Crippen LogP contribution in [0.5, 0.6) is 0 Å². The highest BCUT2D eigenvalue weighted by Gasteiger charge is 2.53. The molecular formula is C35H46N4O4. The summed E-state index contributed by atoms with van der Waals surface area (Å²) in [5.74, 6) is -0.589. The summed E-state index contributed by atoms with van der Waals surface area (Å²) in [5, 5.41) is 4.14. The molecule has 3 heterocycles. The topological polar surface area (TPSA) is 94.7 Å². The van der Waals surface area contributed by atoms with Gasteiger partial charge >= 0.3 is 5.97 Å². The van der Waals surface area contributed by atoms with Crippen molar-refractivity contribution in [1.82, 2.24) is 20.1 Å². The summed E-state index contributed by atoms with van der Waals surface area (Å²) in [6, 6.07) is 17.9. The molecule has 0 bridgehead atoms. The molecule has 1 atom stereocenters. The van der Waals surface area contributed by atoms with Crippen LogP contribution in [0.25, 0.3) is 10.9 Å². The predicted octanol–water partition coefficient (Wildman–Crippen LogP) is 5.02. The number of H-pyrrole nitrogens is 1. The summed E-state index contributed by atoms with van der Waals surface area (Å²) < 4.78 is 5.55. The first-order chi connectivity index (χ1) is 20.6. The van der Waals surface area contributed by atoms with Gasteiger partial charge in [0.05, 0.1) is 6.42 Å². The van der Waals surface area contributed by atoms with E-state index in [9.17, 15) is 14.4 Å². The number of carbonyl (C=O) groups excluding carboxylic acids is 3. The van der Waals surface area contributed by atoms with E-state index in [1.807, 2.05) is 51.2 Å². The molecule has 2 aromatic carbocycles. The first-order valence-corrected chi connectivity index (χ1v) is 15.8. The number of hydrogen-bond donors (Lipinski definition) is 2. The Morgan fingerprint density at radius 2 is 1.67 bits per heavy atom. The fourth-order valence-corrected chi connectivity index (χ4v) is 6.58. The van der Waals surface area contributed by atoms with Crippen LogP contribution in [0, 0.1) is 0 Å². The Bertz CT molecular complexity index is 1400. The Balaban J connectivity index is 1.23. The third-order valence-electron chi connectivity index (χ3n) is 8.83. The second-order valence-electron chi connectivity index (χ2n) is 13.1. The lowest BCUT2D eigenvalue weighted by Crippen LogP contribution is -2.73. The van der Waals surface area contributed by atoms with E-state index in [4.69, 9.17) is 4.74 Å². The maximum absolute atomic E-state index is 14.1. The first kappa shape index (κ1) is 30.8. The van der Waals surface area contributed by atoms with Gasteiger partial charge in [0.1, 0.15) is 17.2 Å². The highest BCUT2D eigenvalue weighted by molar-refractivity contribution is 6.00. The van der Waals surface area contributed by atoms with Gasteiger partial charge in [-0.3, -0.25) is 14.4 Å². The number of nitrogens with one attached hydrogen (secondary N) is 2. The minimum atomic E-state index is -0.945. The van der Waals surface area contributed by atoms with Gasteiger partial charge in [0.15, 0.2) is 0 Å². The third kappa shape index (κ3) is 7.47. The van der Waals surface area contributed by atoms with Crippen LogP contribution in [0.3, 0.4) is 0 Å². The molecular weight excluding hydrogens is 540 g/mol. The van der Waals surface area contributed by atoms with Crippen molar-refractivity contribution in [2.45, 2.75) is 89.3 Å². The maximum atomic E-state index is 14.1. The summed E-state index contributed by atoms with van der Waals surface area (Å²) in [7, 11) is 0. The van der Waals surface area contributed by atoms with E-state index < -0.39 is 17.2 Å². The van der Waals surface area contributed by atoms with Crippen LogP contribution in [0.15, 0.2) is 60.8 Å². The number of aryl methyl sites for hydroxylation is 1. The number of hydrogen-bond acceptors (Lipinski definition) is 5. The van der Waals surface area contributed by atoms with E-state index in [0.29, 0.717) is 19.3 Å². The van der Waals surface area contributed by atoms with Gasteiger partial charge in [-0.15, -0.1) is 0 Å². The van der Waals surface area contributed by atoms with E-state index in [2.05, 4.69) is 45.5 Å². The van der Waals surface area contributed by atoms with Crippen molar-refractivity contribution in [2.24, 2.45) is 0 Å². The second kappa shape index (κ2) is 13.3. The number of rotatable bonds is 11. The van der Waals surface area contributed by atoms with E-state index >= 15 is 0 Å². The number of nitrogens with zero attached hydrogens (tertiary/aromatic N) is 2. The number of amides is 2. The summed E-state index contributed by atoms with van der Waals surface area (Å²) in [4.78, 5) is 48.1. The van der Waals surface area contributed by atoms with Crippen LogP contribution < -0.4 is 5.32 Å². The molecule has 1 unspecified atom stereocenters. The Hall–Kier alpha value is -3.65. The van der Waals surface area contributed by atoms with E-state index in [0.717, 1.165) is 61.8 Å². The van der Waals surface area contributed by atoms with Crippen molar-refractivity contribution >= 4 is 28.7 Å². The molecule has 2 aliphatic heterocycles. The molecule has 2 amide bonds. The van der Waals surface area contributed by atoms with E-state index in [-0.39, 0.29) is 30.7 Å². The van der Waals surface area contributed by atoms with Crippen LogP contribution in [0.1, 0.15) is 70.4 Å². The standard InChI is InChI=1S/C35H46N4O4/c1-34(2,3)43-31(40)17-21-39-32(41)30(24-27-25-36-29-16-10-9-15-28(27)29)37-33(42)35(39)18-22-38(23-19-35)20-11-5-8-14-26-12-6-4-7-13-26/h4,6-7,9-10,12-13,15-16,25,30,36H,5,8,11,14,17-24H2,1-3H3,(H,37,42). The number of para-hydroxylation sites is 1. The molecule has 2 fully saturated rings. The van der Waals surface area contributed by atoms with Gasteiger partial charge in [0, 0.05) is 43.2 Å². The van der Waals surface area contributed by atoms with Gasteiger partial charge in [-0.05, 0) is 76.6 Å². The molecule has 8 heteroatoms. The van der Waals surface area contributed by atoms with Crippen molar-refractivity contribution in [2.75, 3.05) is 26.2 Å². The van der Waals surface area contributed by atoms with Gasteiger partial charge in [-0.25, -0.2) is 0 Å². The molecule has 3 aromatic rings. The van der Waals surface area contributed by atoms with Gasteiger partial charge < -0.3 is 24.8 Å². The largest absolute Gasteiger partial charge is 0.460 e. The van der Waals surface area contributed by atoms with Gasteiger partial charge in [-0.1, -0.05) is 55.0 Å². The highest BCUT2D eigenvalue weighted by Crippen LogP contribution is 2.34. The molecule has 0 aliphatic carbocycles. The van der Waals surface area contributed by atoms with Crippen LogP contribution >= 0.6 is 0 Å². The lowest BCUT2D eigenvalue weighted by atomic mass is 9.81. The number of benzene rings is 2. The maximum Gasteiger partial charge on any atom is 0.308 e. The molecule has 8 nitrogen and oxygen atoms in total. The number of likely N-dealkylation sites (tertiary alicyclic amines) is 1. The SMILES string of the molecule is CC(C)(C)OC(=O)CCN1C(=O)C(Cc2c[nH]c3ccccc23)NC(=O)C12CCN(CCCCCc1ccccc1)CC2. The number of piperidine rings is 1. The number of piperazine rings is 1. The second-order valence-corrected chi connectivity index (χ2v) is 13.1. The van der Waals surface area contributed by atoms with Gasteiger partial charge in [0.25, 0.3) is 0 Å². The van der Waals surface area contributed by atoms with Crippen molar-refractivity contribution < 1.29 is 19.1 Å². The molecule has 230 valence electrons. The molecule has 0 saturated carbocycles. The monoisotopic (exact) mass is 586 g/mol. The molecule has 2 aliphatic rings. The molecule has 0 radical (unpaired) electrons. The fourth-order valence-electron chi connectivity index (χ4n) is 6.58. The number of aromatic nitrogens is 1. The Morgan fingerprint density at radius 3 is 2.42 bits per heavy atom. The van der Waals surface area contributed by atoms with Gasteiger partial charge in [-0.2, -0.15) is 0 Å². The zero-order chi connectivity index (χ0) is 30.5. The summed E-state index contributed by atoms with van der Waals surface area (Å²) in [6.07, 6.45) is 8.01. The number of carbonyl (C=O) groups is 3. The number of aromatic amines is 1. The summed E-state index contributed by atoms with van der Waals surface area (Å²) in [6.45, 7) is 8.15.